The number of benzene rings is 2. The van der Waals surface area contributed by atoms with E-state index in [0.717, 1.165) is 63.7 Å². The van der Waals surface area contributed by atoms with Gasteiger partial charge in [-0.1, -0.05) is 51.7 Å². The van der Waals surface area contributed by atoms with Crippen molar-refractivity contribution in [2.75, 3.05) is 39.3 Å². The molecule has 2 fully saturated rings. The quantitative estimate of drug-likeness (QED) is 0.225. The third kappa shape index (κ3) is 6.50. The van der Waals surface area contributed by atoms with Crippen molar-refractivity contribution in [2.45, 2.75) is 65.2 Å². The van der Waals surface area contributed by atoms with Gasteiger partial charge in [-0.15, -0.1) is 0 Å². The van der Waals surface area contributed by atoms with Crippen molar-refractivity contribution in [3.05, 3.63) is 57.7 Å². The molecular formula is C33H42N2O4. The zero-order chi connectivity index (χ0) is 27.4. The fraction of sp³-hybridized carbons (Fsp3) is 0.545. The van der Waals surface area contributed by atoms with E-state index in [0.29, 0.717) is 46.2 Å². The van der Waals surface area contributed by atoms with Gasteiger partial charge in [0.05, 0.1) is 23.9 Å². The van der Waals surface area contributed by atoms with Gasteiger partial charge in [0.25, 0.3) is 0 Å². The fourth-order valence-corrected chi connectivity index (χ4v) is 6.47. The van der Waals surface area contributed by atoms with E-state index in [9.17, 15) is 14.4 Å². The summed E-state index contributed by atoms with van der Waals surface area (Å²) in [5.41, 5.74) is 1.75. The topological polar surface area (TPSA) is 70.8 Å². The van der Waals surface area contributed by atoms with Crippen LogP contribution in [0.1, 0.15) is 85.9 Å². The monoisotopic (exact) mass is 530 g/mol. The van der Waals surface area contributed by atoms with Crippen LogP contribution in [-0.2, 0) is 0 Å². The highest BCUT2D eigenvalue weighted by atomic mass is 16.3. The van der Waals surface area contributed by atoms with E-state index in [2.05, 4.69) is 23.6 Å². The van der Waals surface area contributed by atoms with Crippen LogP contribution in [0, 0.1) is 11.8 Å². The molecule has 3 heterocycles. The van der Waals surface area contributed by atoms with Crippen LogP contribution in [0.3, 0.4) is 0 Å². The molecule has 0 saturated carbocycles. The van der Waals surface area contributed by atoms with Gasteiger partial charge in [0.15, 0.2) is 11.6 Å². The SMILES string of the molecule is CCCC1CCN(CC(=O)c2ccc3c(=O)c4ccc(C(=O)CN5CCC(CCC)CC5)cc4oc3c2)CC1. The number of hydrogen-bond donors (Lipinski definition) is 0. The predicted molar refractivity (Wildman–Crippen MR) is 157 cm³/mol. The molecule has 1 aromatic heterocycles. The van der Waals surface area contributed by atoms with Crippen LogP contribution in [0.2, 0.25) is 0 Å². The lowest BCUT2D eigenvalue weighted by Crippen LogP contribution is -2.37. The van der Waals surface area contributed by atoms with Gasteiger partial charge in [-0.3, -0.25) is 24.2 Å². The fourth-order valence-electron chi connectivity index (χ4n) is 6.47. The number of likely N-dealkylation sites (tertiary alicyclic amines) is 2. The first-order valence-electron chi connectivity index (χ1n) is 15.0. The third-order valence-electron chi connectivity index (χ3n) is 8.86. The number of nitrogens with zero attached hydrogens (tertiary/aromatic N) is 2. The summed E-state index contributed by atoms with van der Waals surface area (Å²) < 4.78 is 6.14. The Morgan fingerprint density at radius 2 is 1.13 bits per heavy atom. The van der Waals surface area contributed by atoms with Gasteiger partial charge < -0.3 is 4.42 Å². The molecule has 6 nitrogen and oxygen atoms in total. The molecule has 0 bridgehead atoms. The first-order valence-corrected chi connectivity index (χ1v) is 15.0. The second-order valence-electron chi connectivity index (χ2n) is 11.7. The van der Waals surface area contributed by atoms with Crippen LogP contribution in [0.5, 0.6) is 0 Å². The minimum absolute atomic E-state index is 0.0419. The highest BCUT2D eigenvalue weighted by Gasteiger charge is 2.23. The number of piperidine rings is 2. The molecule has 3 aromatic rings. The minimum atomic E-state index is -0.139. The first-order chi connectivity index (χ1) is 18.9. The van der Waals surface area contributed by atoms with Crippen molar-refractivity contribution in [1.29, 1.82) is 0 Å². The Morgan fingerprint density at radius 1 is 0.718 bits per heavy atom. The van der Waals surface area contributed by atoms with Crippen molar-refractivity contribution in [3.8, 4) is 0 Å². The number of Topliss-reactive ketones (excluding diaryl/α,β-unsaturated/α-hetero) is 2. The third-order valence-corrected chi connectivity index (χ3v) is 8.86. The molecule has 0 N–H and O–H groups in total. The molecule has 0 unspecified atom stereocenters. The van der Waals surface area contributed by atoms with E-state index in [1.807, 2.05) is 0 Å². The van der Waals surface area contributed by atoms with Crippen LogP contribution in [0.15, 0.2) is 45.6 Å². The Bertz CT molecular complexity index is 1280. The largest absolute Gasteiger partial charge is 0.456 e. The molecule has 0 amide bonds. The number of rotatable bonds is 10. The molecule has 39 heavy (non-hydrogen) atoms. The highest BCUT2D eigenvalue weighted by Crippen LogP contribution is 2.25. The van der Waals surface area contributed by atoms with Crippen molar-refractivity contribution in [1.82, 2.24) is 9.80 Å². The summed E-state index contributed by atoms with van der Waals surface area (Å²) in [4.78, 5) is 43.9. The van der Waals surface area contributed by atoms with Crippen molar-refractivity contribution in [2.24, 2.45) is 11.8 Å². The zero-order valence-corrected chi connectivity index (χ0v) is 23.5. The van der Waals surface area contributed by atoms with Crippen LogP contribution >= 0.6 is 0 Å². The molecule has 2 aliphatic rings. The summed E-state index contributed by atoms with van der Waals surface area (Å²) in [6, 6.07) is 10.2. The maximum absolute atomic E-state index is 13.2. The average molecular weight is 531 g/mol. The van der Waals surface area contributed by atoms with E-state index in [4.69, 9.17) is 4.42 Å². The van der Waals surface area contributed by atoms with Crippen molar-refractivity contribution in [3.63, 3.8) is 0 Å². The molecular weight excluding hydrogens is 488 g/mol. The van der Waals surface area contributed by atoms with E-state index < -0.39 is 0 Å². The van der Waals surface area contributed by atoms with Crippen LogP contribution in [0.4, 0.5) is 0 Å². The maximum Gasteiger partial charge on any atom is 0.200 e. The minimum Gasteiger partial charge on any atom is -0.456 e. The van der Waals surface area contributed by atoms with E-state index in [1.54, 1.807) is 36.4 Å². The molecule has 208 valence electrons. The van der Waals surface area contributed by atoms with Gasteiger partial charge in [-0.05, 0) is 88.0 Å². The van der Waals surface area contributed by atoms with Crippen LogP contribution < -0.4 is 5.43 Å². The molecule has 6 heteroatoms. The van der Waals surface area contributed by atoms with Gasteiger partial charge >= 0.3 is 0 Å². The predicted octanol–water partition coefficient (Wildman–Crippen LogP) is 6.34. The van der Waals surface area contributed by atoms with Crippen molar-refractivity contribution < 1.29 is 14.0 Å². The summed E-state index contributed by atoms with van der Waals surface area (Å²) in [6.07, 6.45) is 9.57. The molecule has 2 aromatic carbocycles. The second kappa shape index (κ2) is 12.6. The Labute approximate surface area is 231 Å². The standard InChI is InChI=1S/C33H42N2O4/c1-3-5-23-11-15-34(16-12-23)21-29(36)25-7-9-27-31(19-25)39-32-20-26(8-10-28(32)33(27)38)30(37)22-35-17-13-24(6-4-2)14-18-35/h7-10,19-20,23-24H,3-6,11-18,21-22H2,1-2H3. The Morgan fingerprint density at radius 3 is 1.51 bits per heavy atom. The number of carbonyl (C=O) groups is 2. The Kier molecular flexibility index (Phi) is 8.93. The average Bonchev–Trinajstić information content (AvgIpc) is 2.95. The number of fused-ring (bicyclic) bond motifs is 2. The number of ketones is 2. The van der Waals surface area contributed by atoms with E-state index in [1.165, 1.54) is 25.7 Å². The molecule has 0 spiro atoms. The van der Waals surface area contributed by atoms with Crippen molar-refractivity contribution >= 4 is 33.5 Å². The molecule has 0 atom stereocenters. The van der Waals surface area contributed by atoms with E-state index in [-0.39, 0.29) is 17.0 Å². The smallest absolute Gasteiger partial charge is 0.200 e. The number of hydrogen-bond acceptors (Lipinski definition) is 6. The van der Waals surface area contributed by atoms with Gasteiger partial charge in [0.2, 0.25) is 5.43 Å². The van der Waals surface area contributed by atoms with Gasteiger partial charge in [-0.2, -0.15) is 0 Å². The zero-order valence-electron chi connectivity index (χ0n) is 23.5. The van der Waals surface area contributed by atoms with Crippen LogP contribution in [0.25, 0.3) is 21.9 Å². The summed E-state index contributed by atoms with van der Waals surface area (Å²) >= 11 is 0. The molecule has 2 saturated heterocycles. The summed E-state index contributed by atoms with van der Waals surface area (Å²) in [6.45, 7) is 9.05. The Balaban J connectivity index is 1.30. The molecule has 0 radical (unpaired) electrons. The molecule has 5 rings (SSSR count). The summed E-state index contributed by atoms with van der Waals surface area (Å²) in [5.74, 6) is 1.64. The molecule has 2 aliphatic heterocycles. The lowest BCUT2D eigenvalue weighted by Gasteiger charge is -2.31. The summed E-state index contributed by atoms with van der Waals surface area (Å²) in [5, 5.41) is 0.905. The normalized spacial score (nSPS) is 18.2. The summed E-state index contributed by atoms with van der Waals surface area (Å²) in [7, 11) is 0. The van der Waals surface area contributed by atoms with Gasteiger partial charge in [-0.25, -0.2) is 0 Å². The van der Waals surface area contributed by atoms with E-state index >= 15 is 0 Å². The molecule has 0 aliphatic carbocycles. The second-order valence-corrected chi connectivity index (χ2v) is 11.7. The lowest BCUT2D eigenvalue weighted by atomic mass is 9.92. The lowest BCUT2D eigenvalue weighted by molar-refractivity contribution is 0.0886. The van der Waals surface area contributed by atoms with Gasteiger partial charge in [0, 0.05) is 11.1 Å². The Hall–Kier alpha value is -2.83. The highest BCUT2D eigenvalue weighted by molar-refractivity contribution is 6.03. The number of carbonyl (C=O) groups excluding carboxylic acids is 2. The maximum atomic E-state index is 13.2. The van der Waals surface area contributed by atoms with Gasteiger partial charge in [0.1, 0.15) is 11.2 Å². The van der Waals surface area contributed by atoms with Crippen LogP contribution in [-0.4, -0.2) is 60.6 Å². The first kappa shape index (κ1) is 27.7.